The molecule has 0 saturated carbocycles. The molecular formula is C18H39AlO5. The van der Waals surface area contributed by atoms with Crippen molar-refractivity contribution in [2.75, 3.05) is 0 Å². The Morgan fingerprint density at radius 2 is 0.833 bits per heavy atom. The molecule has 0 aromatic heterocycles. The monoisotopic (exact) mass is 362 g/mol. The van der Waals surface area contributed by atoms with Gasteiger partial charge in [0.15, 0.2) is 0 Å². The van der Waals surface area contributed by atoms with Crippen molar-refractivity contribution < 1.29 is 26.3 Å². The smallest absolute Gasteiger partial charge is 0.870 e. The van der Waals surface area contributed by atoms with Crippen molar-refractivity contribution in [2.24, 2.45) is 0 Å². The van der Waals surface area contributed by atoms with Gasteiger partial charge in [-0.05, 0) is 6.42 Å². The van der Waals surface area contributed by atoms with Gasteiger partial charge in [-0.2, -0.15) is 0 Å². The molecule has 0 radical (unpaired) electrons. The Hall–Kier alpha value is -0.118. The number of carboxylic acids is 1. The minimum Gasteiger partial charge on any atom is -0.870 e. The molecule has 6 heteroatoms. The van der Waals surface area contributed by atoms with Crippen LogP contribution in [0.25, 0.3) is 0 Å². The van der Waals surface area contributed by atoms with Gasteiger partial charge in [0, 0.05) is 6.42 Å². The molecule has 0 saturated heterocycles. The van der Waals surface area contributed by atoms with Gasteiger partial charge in [0.1, 0.15) is 0 Å². The number of hydrogen-bond donors (Lipinski definition) is 1. The van der Waals surface area contributed by atoms with Gasteiger partial charge in [0.2, 0.25) is 0 Å². The summed E-state index contributed by atoms with van der Waals surface area (Å²) in [4.78, 5) is 10.3. The standard InChI is InChI=1S/C18H36O2.Al.3H2O/c1-2-3-4-5-6-7-8-9-10-11-12-13-14-15-16-17-18(19)20;;;;/h2-17H2,1H3,(H,19,20);;3*1H2/q;+3;;;/p-3. The van der Waals surface area contributed by atoms with Crippen molar-refractivity contribution in [3.63, 3.8) is 0 Å². The summed E-state index contributed by atoms with van der Waals surface area (Å²) in [6.07, 6.45) is 20.2. The maximum Gasteiger partial charge on any atom is 3.00 e. The van der Waals surface area contributed by atoms with E-state index in [-0.39, 0.29) is 33.8 Å². The predicted octanol–water partition coefficient (Wildman–Crippen LogP) is 5.42. The van der Waals surface area contributed by atoms with Crippen LogP contribution in [0.15, 0.2) is 0 Å². The van der Waals surface area contributed by atoms with Gasteiger partial charge in [0.05, 0.1) is 0 Å². The molecule has 0 aliphatic carbocycles. The zero-order valence-corrected chi connectivity index (χ0v) is 16.7. The van der Waals surface area contributed by atoms with Gasteiger partial charge in [0.25, 0.3) is 0 Å². The molecule has 0 aromatic carbocycles. The van der Waals surface area contributed by atoms with Crippen molar-refractivity contribution in [2.45, 2.75) is 110 Å². The first-order valence-corrected chi connectivity index (χ1v) is 8.99. The van der Waals surface area contributed by atoms with E-state index in [1.54, 1.807) is 0 Å². The number of unbranched alkanes of at least 4 members (excludes halogenated alkanes) is 14. The average Bonchev–Trinajstić information content (AvgIpc) is 2.43. The van der Waals surface area contributed by atoms with Crippen LogP contribution in [0.4, 0.5) is 0 Å². The van der Waals surface area contributed by atoms with Gasteiger partial charge in [-0.15, -0.1) is 0 Å². The molecule has 0 fully saturated rings. The predicted molar refractivity (Wildman–Crippen MR) is 98.7 cm³/mol. The van der Waals surface area contributed by atoms with E-state index in [1.807, 2.05) is 0 Å². The molecule has 0 unspecified atom stereocenters. The van der Waals surface area contributed by atoms with E-state index in [2.05, 4.69) is 6.92 Å². The van der Waals surface area contributed by atoms with E-state index < -0.39 is 5.97 Å². The van der Waals surface area contributed by atoms with E-state index in [0.717, 1.165) is 12.8 Å². The first-order chi connectivity index (χ1) is 9.77. The molecule has 144 valence electrons. The number of aliphatic carboxylic acids is 1. The molecule has 0 bridgehead atoms. The second kappa shape index (κ2) is 30.7. The van der Waals surface area contributed by atoms with Gasteiger partial charge in [-0.25, -0.2) is 0 Å². The third kappa shape index (κ3) is 33.5. The molecule has 0 atom stereocenters. The molecule has 5 nitrogen and oxygen atoms in total. The van der Waals surface area contributed by atoms with E-state index >= 15 is 0 Å². The summed E-state index contributed by atoms with van der Waals surface area (Å²) in [5.74, 6) is -0.653. The second-order valence-electron chi connectivity index (χ2n) is 6.09. The van der Waals surface area contributed by atoms with Crippen LogP contribution in [0.2, 0.25) is 0 Å². The summed E-state index contributed by atoms with van der Waals surface area (Å²) in [7, 11) is 0. The molecular weight excluding hydrogens is 323 g/mol. The van der Waals surface area contributed by atoms with E-state index in [9.17, 15) is 4.79 Å². The first kappa shape index (κ1) is 35.1. The van der Waals surface area contributed by atoms with Crippen LogP contribution < -0.4 is 0 Å². The molecule has 0 aliphatic heterocycles. The molecule has 0 amide bonds. The van der Waals surface area contributed by atoms with Crippen LogP contribution >= 0.6 is 0 Å². The quantitative estimate of drug-likeness (QED) is 0.289. The molecule has 4 N–H and O–H groups in total. The Kier molecular flexibility index (Phi) is 44.9. The summed E-state index contributed by atoms with van der Waals surface area (Å²) in [6.45, 7) is 2.27. The molecule has 0 aliphatic rings. The van der Waals surface area contributed by atoms with Crippen LogP contribution in [0.5, 0.6) is 0 Å². The Morgan fingerprint density at radius 3 is 1.08 bits per heavy atom. The van der Waals surface area contributed by atoms with Crippen molar-refractivity contribution in [1.82, 2.24) is 0 Å². The van der Waals surface area contributed by atoms with Crippen LogP contribution in [0, 0.1) is 0 Å². The van der Waals surface area contributed by atoms with Crippen molar-refractivity contribution >= 4 is 23.3 Å². The van der Waals surface area contributed by atoms with Gasteiger partial charge in [-0.3, -0.25) is 4.79 Å². The van der Waals surface area contributed by atoms with E-state index in [0.29, 0.717) is 6.42 Å². The van der Waals surface area contributed by atoms with Crippen molar-refractivity contribution in [1.29, 1.82) is 0 Å². The maximum atomic E-state index is 10.3. The topological polar surface area (TPSA) is 127 Å². The molecule has 0 aromatic rings. The molecule has 0 heterocycles. The summed E-state index contributed by atoms with van der Waals surface area (Å²) < 4.78 is 0. The number of hydrogen-bond acceptors (Lipinski definition) is 4. The summed E-state index contributed by atoms with van der Waals surface area (Å²) in [5, 5.41) is 8.52. The van der Waals surface area contributed by atoms with Crippen LogP contribution in [0.3, 0.4) is 0 Å². The van der Waals surface area contributed by atoms with Gasteiger partial charge >= 0.3 is 23.3 Å². The van der Waals surface area contributed by atoms with E-state index in [1.165, 1.54) is 83.5 Å². The third-order valence-corrected chi connectivity index (χ3v) is 3.99. The van der Waals surface area contributed by atoms with Crippen LogP contribution in [0.1, 0.15) is 110 Å². The van der Waals surface area contributed by atoms with E-state index in [4.69, 9.17) is 5.11 Å². The first-order valence-electron chi connectivity index (χ1n) is 8.99. The summed E-state index contributed by atoms with van der Waals surface area (Å²) in [6, 6.07) is 0. The van der Waals surface area contributed by atoms with Gasteiger partial charge < -0.3 is 21.5 Å². The minimum absolute atomic E-state index is 0. The Bertz CT molecular complexity index is 216. The van der Waals surface area contributed by atoms with Crippen molar-refractivity contribution in [3.05, 3.63) is 0 Å². The third-order valence-electron chi connectivity index (χ3n) is 3.99. The second-order valence-corrected chi connectivity index (χ2v) is 6.09. The average molecular weight is 362 g/mol. The molecule has 0 rings (SSSR count). The number of carboxylic acid groups (broad SMARTS) is 1. The number of carbonyl (C=O) groups is 1. The largest absolute Gasteiger partial charge is 3.00 e. The maximum absolute atomic E-state index is 10.3. The zero-order chi connectivity index (χ0) is 14.9. The summed E-state index contributed by atoms with van der Waals surface area (Å²) in [5.41, 5.74) is 0. The fraction of sp³-hybridized carbons (Fsp3) is 0.944. The number of rotatable bonds is 16. The normalized spacial score (nSPS) is 9.04. The SMILES string of the molecule is CCCCCCCCCCCCCCCCCC(=O)O.[Al+3].[OH-].[OH-].[OH-]. The molecule has 24 heavy (non-hydrogen) atoms. The minimum atomic E-state index is -0.653. The Labute approximate surface area is 159 Å². The Balaban J connectivity index is -0.000000301. The fourth-order valence-electron chi connectivity index (χ4n) is 2.65. The summed E-state index contributed by atoms with van der Waals surface area (Å²) >= 11 is 0. The van der Waals surface area contributed by atoms with Gasteiger partial charge in [-0.1, -0.05) is 96.8 Å². The molecule has 0 spiro atoms. The van der Waals surface area contributed by atoms with Crippen LogP contribution in [-0.2, 0) is 4.79 Å². The van der Waals surface area contributed by atoms with Crippen molar-refractivity contribution in [3.8, 4) is 0 Å². The zero-order valence-electron chi connectivity index (χ0n) is 15.6. The Morgan fingerprint density at radius 1 is 0.583 bits per heavy atom. The fourth-order valence-corrected chi connectivity index (χ4v) is 2.65. The van der Waals surface area contributed by atoms with Crippen LogP contribution in [-0.4, -0.2) is 44.9 Å².